The maximum absolute atomic E-state index is 12.7. The quantitative estimate of drug-likeness (QED) is 0.476. The van der Waals surface area contributed by atoms with Crippen LogP contribution in [0.15, 0.2) is 0 Å². The first-order valence-electron chi connectivity index (χ1n) is 10.6. The maximum atomic E-state index is 12.7. The predicted octanol–water partition coefficient (Wildman–Crippen LogP) is 3.16. The number of amides is 2. The molecule has 1 heterocycles. The van der Waals surface area contributed by atoms with Gasteiger partial charge >= 0.3 is 12.0 Å². The van der Waals surface area contributed by atoms with E-state index in [2.05, 4.69) is 10.2 Å². The van der Waals surface area contributed by atoms with Crippen LogP contribution in [0.4, 0.5) is 4.79 Å². The van der Waals surface area contributed by atoms with Gasteiger partial charge in [-0.1, -0.05) is 19.3 Å². The van der Waals surface area contributed by atoms with E-state index < -0.39 is 0 Å². The van der Waals surface area contributed by atoms with E-state index in [9.17, 15) is 9.59 Å². The number of hydrogen-bond donors (Lipinski definition) is 1. The first-order valence-corrected chi connectivity index (χ1v) is 10.6. The normalized spacial score (nSPS) is 18.7. The average Bonchev–Trinajstić information content (AvgIpc) is 3.15. The Kier molecular flexibility index (Phi) is 9.82. The van der Waals surface area contributed by atoms with Crippen LogP contribution in [0.3, 0.4) is 0 Å². The van der Waals surface area contributed by atoms with Gasteiger partial charge in [0.25, 0.3) is 0 Å². The van der Waals surface area contributed by atoms with Gasteiger partial charge in [-0.25, -0.2) is 4.79 Å². The third-order valence-corrected chi connectivity index (χ3v) is 5.46. The van der Waals surface area contributed by atoms with Crippen LogP contribution in [-0.2, 0) is 9.53 Å². The zero-order chi connectivity index (χ0) is 18.6. The summed E-state index contributed by atoms with van der Waals surface area (Å²) in [5.41, 5.74) is 0. The lowest BCUT2D eigenvalue weighted by Crippen LogP contribution is -2.46. The summed E-state index contributed by atoms with van der Waals surface area (Å²) in [6, 6.07) is 0.285. The van der Waals surface area contributed by atoms with Crippen molar-refractivity contribution in [2.45, 2.75) is 77.2 Å². The monoisotopic (exact) mass is 367 g/mol. The van der Waals surface area contributed by atoms with Gasteiger partial charge < -0.3 is 19.9 Å². The number of ether oxygens (including phenoxy) is 1. The number of esters is 1. The van der Waals surface area contributed by atoms with Gasteiger partial charge in [-0.3, -0.25) is 4.79 Å². The molecule has 0 aromatic carbocycles. The van der Waals surface area contributed by atoms with Gasteiger partial charge in [-0.15, -0.1) is 0 Å². The molecule has 0 aromatic heterocycles. The van der Waals surface area contributed by atoms with E-state index in [1.165, 1.54) is 45.2 Å². The highest BCUT2D eigenvalue weighted by atomic mass is 16.5. The molecular weight excluding hydrogens is 330 g/mol. The average molecular weight is 368 g/mol. The van der Waals surface area contributed by atoms with E-state index in [1.54, 1.807) is 0 Å². The van der Waals surface area contributed by atoms with Gasteiger partial charge in [0, 0.05) is 19.1 Å². The Balaban J connectivity index is 1.74. The van der Waals surface area contributed by atoms with Gasteiger partial charge in [-0.2, -0.15) is 0 Å². The summed E-state index contributed by atoms with van der Waals surface area (Å²) in [4.78, 5) is 28.7. The fourth-order valence-corrected chi connectivity index (χ4v) is 3.93. The molecule has 1 aliphatic heterocycles. The van der Waals surface area contributed by atoms with Gasteiger partial charge in [-0.05, 0) is 65.1 Å². The van der Waals surface area contributed by atoms with Crippen LogP contribution in [0, 0.1) is 0 Å². The fourth-order valence-electron chi connectivity index (χ4n) is 3.93. The van der Waals surface area contributed by atoms with E-state index in [0.29, 0.717) is 25.7 Å². The smallest absolute Gasteiger partial charge is 0.317 e. The lowest BCUT2D eigenvalue weighted by atomic mass is 9.96. The Bertz CT molecular complexity index is 419. The van der Waals surface area contributed by atoms with Crippen molar-refractivity contribution in [2.24, 2.45) is 0 Å². The third-order valence-electron chi connectivity index (χ3n) is 5.46. The standard InChI is InChI=1S/C20H37N3O3/c1-2-26-19(24)12-17-23(16-9-8-15-22-13-6-7-14-22)20(25)21-18-10-4-3-5-11-18/h18H,2-17H2,1H3,(H,21,25). The lowest BCUT2D eigenvalue weighted by molar-refractivity contribution is -0.143. The molecule has 2 rings (SSSR count). The Labute approximate surface area is 158 Å². The molecule has 0 bridgehead atoms. The van der Waals surface area contributed by atoms with Crippen molar-refractivity contribution in [3.63, 3.8) is 0 Å². The molecule has 1 saturated heterocycles. The molecule has 0 radical (unpaired) electrons. The number of urea groups is 1. The zero-order valence-electron chi connectivity index (χ0n) is 16.5. The third kappa shape index (κ3) is 7.94. The number of likely N-dealkylation sites (tertiary alicyclic amines) is 1. The van der Waals surface area contributed by atoms with E-state index in [1.807, 2.05) is 11.8 Å². The SMILES string of the molecule is CCOC(=O)CCN(CCCCN1CCCC1)C(=O)NC1CCCCC1. The molecule has 6 heteroatoms. The van der Waals surface area contributed by atoms with Gasteiger partial charge in [0.15, 0.2) is 0 Å². The number of carbonyl (C=O) groups excluding carboxylic acids is 2. The highest BCUT2D eigenvalue weighted by Gasteiger charge is 2.20. The van der Waals surface area contributed by atoms with Crippen molar-refractivity contribution in [1.29, 1.82) is 0 Å². The summed E-state index contributed by atoms with van der Waals surface area (Å²) in [5, 5.41) is 3.18. The Morgan fingerprint density at radius 3 is 2.46 bits per heavy atom. The summed E-state index contributed by atoms with van der Waals surface area (Å²) in [5.74, 6) is -0.222. The summed E-state index contributed by atoms with van der Waals surface area (Å²) >= 11 is 0. The van der Waals surface area contributed by atoms with Crippen LogP contribution >= 0.6 is 0 Å². The van der Waals surface area contributed by atoms with Crippen molar-refractivity contribution in [2.75, 3.05) is 39.3 Å². The number of rotatable bonds is 10. The maximum Gasteiger partial charge on any atom is 0.317 e. The van der Waals surface area contributed by atoms with Crippen molar-refractivity contribution in [3.8, 4) is 0 Å². The lowest BCUT2D eigenvalue weighted by Gasteiger charge is -2.28. The van der Waals surface area contributed by atoms with Crippen LogP contribution in [0.5, 0.6) is 0 Å². The minimum Gasteiger partial charge on any atom is -0.466 e. The van der Waals surface area contributed by atoms with Crippen molar-refractivity contribution < 1.29 is 14.3 Å². The summed E-state index contributed by atoms with van der Waals surface area (Å²) in [7, 11) is 0. The van der Waals surface area contributed by atoms with E-state index in [4.69, 9.17) is 4.74 Å². The molecule has 2 fully saturated rings. The van der Waals surface area contributed by atoms with Crippen molar-refractivity contribution >= 4 is 12.0 Å². The Morgan fingerprint density at radius 1 is 1.04 bits per heavy atom. The van der Waals surface area contributed by atoms with Gasteiger partial charge in [0.2, 0.25) is 0 Å². The van der Waals surface area contributed by atoms with E-state index >= 15 is 0 Å². The first kappa shape index (κ1) is 21.0. The molecule has 0 atom stereocenters. The molecule has 0 aromatic rings. The molecule has 0 spiro atoms. The van der Waals surface area contributed by atoms with Crippen LogP contribution in [0.2, 0.25) is 0 Å². The number of nitrogens with one attached hydrogen (secondary N) is 1. The van der Waals surface area contributed by atoms with Crippen LogP contribution in [0.25, 0.3) is 0 Å². The first-order chi connectivity index (χ1) is 12.7. The minimum absolute atomic E-state index is 0.0117. The molecule has 2 amide bonds. The fraction of sp³-hybridized carbons (Fsp3) is 0.900. The van der Waals surface area contributed by atoms with E-state index in [-0.39, 0.29) is 18.4 Å². The van der Waals surface area contributed by atoms with Crippen molar-refractivity contribution in [1.82, 2.24) is 15.1 Å². The Hall–Kier alpha value is -1.30. The molecular formula is C20H37N3O3. The van der Waals surface area contributed by atoms with Crippen LogP contribution < -0.4 is 5.32 Å². The molecule has 1 aliphatic carbocycles. The highest BCUT2D eigenvalue weighted by molar-refractivity contribution is 5.76. The molecule has 26 heavy (non-hydrogen) atoms. The molecule has 1 saturated carbocycles. The van der Waals surface area contributed by atoms with Crippen LogP contribution in [-0.4, -0.2) is 67.2 Å². The topological polar surface area (TPSA) is 61.9 Å². The molecule has 2 aliphatic rings. The zero-order valence-corrected chi connectivity index (χ0v) is 16.5. The number of hydrogen-bond acceptors (Lipinski definition) is 4. The Morgan fingerprint density at radius 2 is 1.77 bits per heavy atom. The van der Waals surface area contributed by atoms with Crippen molar-refractivity contribution in [3.05, 3.63) is 0 Å². The second-order valence-corrected chi connectivity index (χ2v) is 7.58. The van der Waals surface area contributed by atoms with Gasteiger partial charge in [0.05, 0.1) is 13.0 Å². The molecule has 6 nitrogen and oxygen atoms in total. The number of unbranched alkanes of at least 4 members (excludes halogenated alkanes) is 1. The van der Waals surface area contributed by atoms with Gasteiger partial charge in [0.1, 0.15) is 0 Å². The number of carbonyl (C=O) groups is 2. The molecule has 0 unspecified atom stereocenters. The second-order valence-electron chi connectivity index (χ2n) is 7.58. The summed E-state index contributed by atoms with van der Waals surface area (Å²) < 4.78 is 5.01. The second kappa shape index (κ2) is 12.2. The molecule has 1 N–H and O–H groups in total. The highest BCUT2D eigenvalue weighted by Crippen LogP contribution is 2.17. The predicted molar refractivity (Wildman–Crippen MR) is 103 cm³/mol. The minimum atomic E-state index is -0.222. The van der Waals surface area contributed by atoms with E-state index in [0.717, 1.165) is 32.2 Å². The number of nitrogens with zero attached hydrogens (tertiary/aromatic N) is 2. The van der Waals surface area contributed by atoms with Crippen LogP contribution in [0.1, 0.15) is 71.1 Å². The largest absolute Gasteiger partial charge is 0.466 e. The molecule has 150 valence electrons. The summed E-state index contributed by atoms with van der Waals surface area (Å²) in [6.45, 7) is 6.92. The summed E-state index contributed by atoms with van der Waals surface area (Å²) in [6.07, 6.45) is 10.8.